The lowest BCUT2D eigenvalue weighted by Gasteiger charge is -2.10. The first-order valence-corrected chi connectivity index (χ1v) is 8.03. The third-order valence-electron chi connectivity index (χ3n) is 2.61. The van der Waals surface area contributed by atoms with E-state index in [2.05, 4.69) is 4.72 Å². The first-order chi connectivity index (χ1) is 10.4. The average Bonchev–Trinajstić information content (AvgIpc) is 2.46. The van der Waals surface area contributed by atoms with Crippen molar-refractivity contribution in [1.29, 1.82) is 0 Å². The summed E-state index contributed by atoms with van der Waals surface area (Å²) in [5, 5.41) is 0.136. The Labute approximate surface area is 132 Å². The van der Waals surface area contributed by atoms with Crippen molar-refractivity contribution in [2.75, 3.05) is 11.3 Å². The predicted molar refractivity (Wildman–Crippen MR) is 83.4 cm³/mol. The van der Waals surface area contributed by atoms with Crippen molar-refractivity contribution in [3.05, 3.63) is 53.6 Å². The van der Waals surface area contributed by atoms with Gasteiger partial charge < -0.3 is 10.5 Å². The van der Waals surface area contributed by atoms with Crippen LogP contribution >= 0.6 is 11.6 Å². The molecule has 0 aliphatic carbocycles. The zero-order valence-electron chi connectivity index (χ0n) is 11.3. The summed E-state index contributed by atoms with van der Waals surface area (Å²) in [6.45, 7) is -0.245. The second-order valence-electron chi connectivity index (χ2n) is 4.32. The van der Waals surface area contributed by atoms with Crippen LogP contribution < -0.4 is 15.2 Å². The van der Waals surface area contributed by atoms with E-state index in [0.717, 1.165) is 0 Å². The fraction of sp³-hybridized carbons (Fsp3) is 0.0714. The Morgan fingerprint density at radius 3 is 2.36 bits per heavy atom. The quantitative estimate of drug-likeness (QED) is 0.840. The summed E-state index contributed by atoms with van der Waals surface area (Å²) in [5.74, 6) is -0.192. The summed E-state index contributed by atoms with van der Waals surface area (Å²) in [4.78, 5) is 10.6. The highest BCUT2D eigenvalue weighted by molar-refractivity contribution is 7.92. The second kappa shape index (κ2) is 6.67. The maximum atomic E-state index is 12.2. The molecule has 0 fully saturated rings. The van der Waals surface area contributed by atoms with E-state index >= 15 is 0 Å². The van der Waals surface area contributed by atoms with E-state index in [1.807, 2.05) is 0 Å². The van der Waals surface area contributed by atoms with E-state index in [0.29, 0.717) is 11.4 Å². The number of ether oxygens (including phenoxy) is 1. The number of nitrogens with one attached hydrogen (secondary N) is 1. The van der Waals surface area contributed by atoms with Gasteiger partial charge in [-0.05, 0) is 36.4 Å². The number of nitrogens with two attached hydrogens (primary N) is 1. The van der Waals surface area contributed by atoms with E-state index < -0.39 is 15.9 Å². The van der Waals surface area contributed by atoms with Crippen LogP contribution in [0.15, 0.2) is 53.4 Å². The Bertz CT molecular complexity index is 776. The lowest BCUT2D eigenvalue weighted by atomic mass is 10.3. The van der Waals surface area contributed by atoms with Crippen LogP contribution in [0.2, 0.25) is 5.02 Å². The molecule has 0 aromatic heterocycles. The van der Waals surface area contributed by atoms with Gasteiger partial charge in [0.25, 0.3) is 15.9 Å². The summed E-state index contributed by atoms with van der Waals surface area (Å²) < 4.78 is 32.0. The van der Waals surface area contributed by atoms with Crippen LogP contribution in [0.4, 0.5) is 5.69 Å². The molecule has 0 bridgehead atoms. The molecule has 2 aromatic rings. The van der Waals surface area contributed by atoms with Crippen LogP contribution in [0, 0.1) is 0 Å². The average molecular weight is 341 g/mol. The van der Waals surface area contributed by atoms with Gasteiger partial charge in [0, 0.05) is 5.69 Å². The number of amides is 1. The number of hydrogen-bond donors (Lipinski definition) is 2. The van der Waals surface area contributed by atoms with Gasteiger partial charge in [-0.15, -0.1) is 0 Å². The van der Waals surface area contributed by atoms with Gasteiger partial charge >= 0.3 is 0 Å². The Kier molecular flexibility index (Phi) is 4.89. The lowest BCUT2D eigenvalue weighted by Crippen LogP contribution is -2.20. The molecule has 116 valence electrons. The number of carbonyl (C=O) groups excluding carboxylic acids is 1. The topological polar surface area (TPSA) is 98.5 Å². The van der Waals surface area contributed by atoms with E-state index in [9.17, 15) is 13.2 Å². The molecule has 3 N–H and O–H groups in total. The van der Waals surface area contributed by atoms with Gasteiger partial charge in [0.15, 0.2) is 6.61 Å². The summed E-state index contributed by atoms with van der Waals surface area (Å²) in [6, 6.07) is 12.2. The van der Waals surface area contributed by atoms with Crippen LogP contribution in [0.3, 0.4) is 0 Å². The third kappa shape index (κ3) is 4.12. The maximum absolute atomic E-state index is 12.2. The number of primary amides is 1. The lowest BCUT2D eigenvalue weighted by molar-refractivity contribution is -0.119. The molecule has 8 heteroatoms. The van der Waals surface area contributed by atoms with Crippen molar-refractivity contribution in [1.82, 2.24) is 0 Å². The minimum atomic E-state index is -3.78. The molecule has 0 aliphatic heterocycles. The van der Waals surface area contributed by atoms with Gasteiger partial charge in [-0.1, -0.05) is 23.7 Å². The van der Waals surface area contributed by atoms with Gasteiger partial charge in [-0.3, -0.25) is 9.52 Å². The molecule has 2 rings (SSSR count). The van der Waals surface area contributed by atoms with E-state index in [-0.39, 0.29) is 16.5 Å². The zero-order valence-corrected chi connectivity index (χ0v) is 12.9. The largest absolute Gasteiger partial charge is 0.484 e. The van der Waals surface area contributed by atoms with Crippen LogP contribution in [0.25, 0.3) is 0 Å². The maximum Gasteiger partial charge on any atom is 0.263 e. The van der Waals surface area contributed by atoms with Crippen molar-refractivity contribution in [2.24, 2.45) is 5.73 Å². The molecule has 0 aliphatic rings. The van der Waals surface area contributed by atoms with Crippen molar-refractivity contribution in [2.45, 2.75) is 4.90 Å². The Morgan fingerprint density at radius 2 is 1.77 bits per heavy atom. The highest BCUT2D eigenvalue weighted by Crippen LogP contribution is 2.24. The summed E-state index contributed by atoms with van der Waals surface area (Å²) >= 11 is 5.89. The summed E-state index contributed by atoms with van der Waals surface area (Å²) in [6.07, 6.45) is 0. The fourth-order valence-corrected chi connectivity index (χ4v) is 3.23. The molecule has 0 atom stereocenters. The number of rotatable bonds is 6. The molecular formula is C14H13ClN2O4S. The highest BCUT2D eigenvalue weighted by Gasteiger charge is 2.17. The number of carbonyl (C=O) groups is 1. The van der Waals surface area contributed by atoms with Gasteiger partial charge in [-0.25, -0.2) is 8.42 Å². The summed E-state index contributed by atoms with van der Waals surface area (Å²) in [7, 11) is -3.78. The number of hydrogen-bond acceptors (Lipinski definition) is 4. The van der Waals surface area contributed by atoms with Crippen LogP contribution in [0.1, 0.15) is 0 Å². The van der Waals surface area contributed by atoms with Crippen molar-refractivity contribution in [3.8, 4) is 5.75 Å². The molecular weight excluding hydrogens is 328 g/mol. The number of halogens is 1. The van der Waals surface area contributed by atoms with Crippen LogP contribution in [0.5, 0.6) is 5.75 Å². The Balaban J connectivity index is 2.13. The SMILES string of the molecule is NC(=O)COc1ccc(NS(=O)(=O)c2ccccc2Cl)cc1. The molecule has 2 aromatic carbocycles. The molecule has 1 amide bonds. The Morgan fingerprint density at radius 1 is 1.14 bits per heavy atom. The van der Waals surface area contributed by atoms with Gasteiger partial charge in [0.05, 0.1) is 5.02 Å². The number of sulfonamides is 1. The molecule has 22 heavy (non-hydrogen) atoms. The minimum absolute atomic E-state index is 0.00859. The first-order valence-electron chi connectivity index (χ1n) is 6.17. The fourth-order valence-electron chi connectivity index (χ4n) is 1.65. The summed E-state index contributed by atoms with van der Waals surface area (Å²) in [5.41, 5.74) is 5.30. The standard InChI is InChI=1S/C14H13ClN2O4S/c15-12-3-1-2-4-13(12)22(19,20)17-10-5-7-11(8-6-10)21-9-14(16)18/h1-8,17H,9H2,(H2,16,18). The van der Waals surface area contributed by atoms with Crippen LogP contribution in [-0.4, -0.2) is 20.9 Å². The first kappa shape index (κ1) is 16.1. The van der Waals surface area contributed by atoms with Crippen molar-refractivity contribution >= 4 is 33.2 Å². The molecule has 0 saturated carbocycles. The van der Waals surface area contributed by atoms with Crippen molar-refractivity contribution in [3.63, 3.8) is 0 Å². The smallest absolute Gasteiger partial charge is 0.263 e. The normalized spacial score (nSPS) is 11.0. The monoisotopic (exact) mass is 340 g/mol. The van der Waals surface area contributed by atoms with Gasteiger partial charge in [-0.2, -0.15) is 0 Å². The highest BCUT2D eigenvalue weighted by atomic mass is 35.5. The molecule has 0 radical (unpaired) electrons. The van der Waals surface area contributed by atoms with Crippen molar-refractivity contribution < 1.29 is 17.9 Å². The van der Waals surface area contributed by atoms with E-state index in [1.54, 1.807) is 12.1 Å². The number of benzene rings is 2. The van der Waals surface area contributed by atoms with Gasteiger partial charge in [0.2, 0.25) is 0 Å². The molecule has 0 saturated heterocycles. The molecule has 6 nitrogen and oxygen atoms in total. The zero-order chi connectivity index (χ0) is 16.2. The molecule has 0 unspecified atom stereocenters. The third-order valence-corrected chi connectivity index (χ3v) is 4.49. The predicted octanol–water partition coefficient (Wildman–Crippen LogP) is 2.00. The molecule has 0 heterocycles. The van der Waals surface area contributed by atoms with E-state index in [4.69, 9.17) is 22.1 Å². The Hall–Kier alpha value is -2.25. The number of anilines is 1. The van der Waals surface area contributed by atoms with Crippen LogP contribution in [-0.2, 0) is 14.8 Å². The van der Waals surface area contributed by atoms with E-state index in [1.165, 1.54) is 36.4 Å². The minimum Gasteiger partial charge on any atom is -0.484 e. The van der Waals surface area contributed by atoms with Gasteiger partial charge in [0.1, 0.15) is 10.6 Å². The molecule has 0 spiro atoms. The second-order valence-corrected chi connectivity index (χ2v) is 6.37.